The van der Waals surface area contributed by atoms with Crippen molar-refractivity contribution in [3.8, 4) is 5.75 Å². The average molecular weight is 254 g/mol. The van der Waals surface area contributed by atoms with Gasteiger partial charge in [0.2, 0.25) is 0 Å². The van der Waals surface area contributed by atoms with E-state index >= 15 is 0 Å². The normalized spacial score (nSPS) is 20.5. The van der Waals surface area contributed by atoms with Gasteiger partial charge in [0.1, 0.15) is 12.9 Å². The van der Waals surface area contributed by atoms with Crippen LogP contribution in [0.15, 0.2) is 53.6 Å². The molecule has 1 aromatic rings. The molecule has 0 saturated heterocycles. The molecule has 5 nitrogen and oxygen atoms in total. The quantitative estimate of drug-likeness (QED) is 0.894. The largest absolute Gasteiger partial charge is 0.482 e. The summed E-state index contributed by atoms with van der Waals surface area (Å²) in [5.41, 5.74) is 7.85. The fraction of sp³-hybridized carbons (Fsp3) is 0.214. The predicted octanol–water partition coefficient (Wildman–Crippen LogP) is 1.91. The Labute approximate surface area is 111 Å². The van der Waals surface area contributed by atoms with Gasteiger partial charge in [0.15, 0.2) is 11.6 Å². The van der Waals surface area contributed by atoms with Crippen LogP contribution in [0.3, 0.4) is 0 Å². The van der Waals surface area contributed by atoms with Crippen molar-refractivity contribution >= 4 is 11.5 Å². The van der Waals surface area contributed by atoms with E-state index in [1.807, 2.05) is 6.20 Å². The highest BCUT2D eigenvalue weighted by Crippen LogP contribution is 2.27. The molecule has 2 heterocycles. The van der Waals surface area contributed by atoms with Crippen molar-refractivity contribution in [3.63, 3.8) is 0 Å². The Balaban J connectivity index is 1.75. The number of fused-ring (bicyclic) bond motifs is 1. The second kappa shape index (κ2) is 5.06. The van der Waals surface area contributed by atoms with Crippen LogP contribution in [0.25, 0.3) is 0 Å². The predicted molar refractivity (Wildman–Crippen MR) is 73.8 cm³/mol. The molecule has 0 fully saturated rings. The van der Waals surface area contributed by atoms with Crippen LogP contribution >= 0.6 is 0 Å². The van der Waals surface area contributed by atoms with E-state index in [4.69, 9.17) is 10.5 Å². The van der Waals surface area contributed by atoms with E-state index in [-0.39, 0.29) is 0 Å². The van der Waals surface area contributed by atoms with Gasteiger partial charge >= 0.3 is 0 Å². The number of allylic oxidation sites excluding steroid dienone is 4. The molecule has 0 amide bonds. The summed E-state index contributed by atoms with van der Waals surface area (Å²) >= 11 is 0. The highest BCUT2D eigenvalue weighted by molar-refractivity contribution is 6.03. The molecular formula is C14H14N4O. The van der Waals surface area contributed by atoms with Gasteiger partial charge < -0.3 is 10.5 Å². The van der Waals surface area contributed by atoms with Crippen molar-refractivity contribution in [1.82, 2.24) is 9.97 Å². The molecule has 1 atom stereocenters. The van der Waals surface area contributed by atoms with Gasteiger partial charge in [-0.05, 0) is 12.0 Å². The molecule has 0 aromatic carbocycles. The molecule has 1 aromatic heterocycles. The third kappa shape index (κ3) is 2.40. The number of aromatic nitrogens is 2. The molecule has 0 radical (unpaired) electrons. The minimum atomic E-state index is 0.344. The third-order valence-corrected chi connectivity index (χ3v) is 3.16. The topological polar surface area (TPSA) is 73.4 Å². The van der Waals surface area contributed by atoms with Gasteiger partial charge in [0.05, 0.1) is 11.9 Å². The number of rotatable bonds is 3. The minimum absolute atomic E-state index is 0.344. The maximum atomic E-state index is 5.71. The Kier molecular flexibility index (Phi) is 3.10. The Morgan fingerprint density at radius 3 is 3.26 bits per heavy atom. The van der Waals surface area contributed by atoms with Crippen LogP contribution in [0.4, 0.5) is 5.82 Å². The van der Waals surface area contributed by atoms with Gasteiger partial charge in [0.25, 0.3) is 0 Å². The molecular weight excluding hydrogens is 240 g/mol. The number of nitrogen functional groups attached to an aromatic ring is 1. The number of aliphatic imine (C=N–C) groups is 1. The smallest absolute Gasteiger partial charge is 0.180 e. The van der Waals surface area contributed by atoms with Crippen LogP contribution in [0, 0.1) is 5.92 Å². The lowest BCUT2D eigenvalue weighted by Crippen LogP contribution is -2.22. The maximum Gasteiger partial charge on any atom is 0.180 e. The molecule has 96 valence electrons. The second-order valence-electron chi connectivity index (χ2n) is 4.37. The van der Waals surface area contributed by atoms with E-state index < -0.39 is 0 Å². The van der Waals surface area contributed by atoms with E-state index in [0.717, 1.165) is 12.1 Å². The van der Waals surface area contributed by atoms with Crippen LogP contribution in [0.5, 0.6) is 5.75 Å². The van der Waals surface area contributed by atoms with Crippen LogP contribution in [0.1, 0.15) is 6.42 Å². The zero-order valence-electron chi connectivity index (χ0n) is 10.4. The molecule has 1 aliphatic heterocycles. The SMILES string of the molecule is Nc1ncncc1OCC1=NC=CC2CC=CC=C12. The third-order valence-electron chi connectivity index (χ3n) is 3.16. The number of hydrogen-bond acceptors (Lipinski definition) is 5. The number of anilines is 1. The summed E-state index contributed by atoms with van der Waals surface area (Å²) in [5, 5.41) is 0. The zero-order valence-corrected chi connectivity index (χ0v) is 10.4. The monoisotopic (exact) mass is 254 g/mol. The zero-order chi connectivity index (χ0) is 13.1. The van der Waals surface area contributed by atoms with Crippen molar-refractivity contribution in [2.24, 2.45) is 10.9 Å². The van der Waals surface area contributed by atoms with Gasteiger partial charge in [-0.3, -0.25) is 4.99 Å². The summed E-state index contributed by atoms with van der Waals surface area (Å²) in [4.78, 5) is 12.2. The molecule has 0 spiro atoms. The lowest BCUT2D eigenvalue weighted by atomic mass is 9.87. The first-order valence-corrected chi connectivity index (χ1v) is 6.13. The Morgan fingerprint density at radius 2 is 2.37 bits per heavy atom. The van der Waals surface area contributed by atoms with Gasteiger partial charge in [-0.25, -0.2) is 9.97 Å². The highest BCUT2D eigenvalue weighted by Gasteiger charge is 2.20. The molecule has 3 rings (SSSR count). The lowest BCUT2D eigenvalue weighted by molar-refractivity contribution is 0.374. The van der Waals surface area contributed by atoms with Crippen molar-refractivity contribution in [2.45, 2.75) is 6.42 Å². The van der Waals surface area contributed by atoms with Gasteiger partial charge in [-0.15, -0.1) is 0 Å². The summed E-state index contributed by atoms with van der Waals surface area (Å²) in [5.74, 6) is 1.24. The van der Waals surface area contributed by atoms with E-state index in [2.05, 4.69) is 39.3 Å². The highest BCUT2D eigenvalue weighted by atomic mass is 16.5. The number of hydrogen-bond donors (Lipinski definition) is 1. The first-order valence-electron chi connectivity index (χ1n) is 6.13. The Morgan fingerprint density at radius 1 is 1.42 bits per heavy atom. The van der Waals surface area contributed by atoms with Gasteiger partial charge in [-0.1, -0.05) is 24.3 Å². The summed E-state index contributed by atoms with van der Waals surface area (Å²) in [6.45, 7) is 0.373. The van der Waals surface area contributed by atoms with Crippen molar-refractivity contribution in [2.75, 3.05) is 12.3 Å². The molecule has 5 heteroatoms. The van der Waals surface area contributed by atoms with Crippen molar-refractivity contribution < 1.29 is 4.74 Å². The first kappa shape index (κ1) is 11.6. The molecule has 1 aliphatic carbocycles. The van der Waals surface area contributed by atoms with Gasteiger partial charge in [-0.2, -0.15) is 0 Å². The van der Waals surface area contributed by atoms with Crippen LogP contribution < -0.4 is 10.5 Å². The lowest BCUT2D eigenvalue weighted by Gasteiger charge is -2.22. The summed E-state index contributed by atoms with van der Waals surface area (Å²) in [7, 11) is 0. The molecule has 2 N–H and O–H groups in total. The fourth-order valence-corrected chi connectivity index (χ4v) is 2.16. The van der Waals surface area contributed by atoms with E-state index in [9.17, 15) is 0 Å². The Hall–Kier alpha value is -2.43. The van der Waals surface area contributed by atoms with Crippen molar-refractivity contribution in [3.05, 3.63) is 48.6 Å². The molecule has 19 heavy (non-hydrogen) atoms. The first-order chi connectivity index (χ1) is 9.34. The summed E-state index contributed by atoms with van der Waals surface area (Å²) in [6.07, 6.45) is 14.2. The second-order valence-corrected chi connectivity index (χ2v) is 4.37. The molecule has 1 unspecified atom stereocenters. The maximum absolute atomic E-state index is 5.71. The summed E-state index contributed by atoms with van der Waals surface area (Å²) in [6, 6.07) is 0. The van der Waals surface area contributed by atoms with E-state index in [1.54, 1.807) is 6.20 Å². The van der Waals surface area contributed by atoms with Crippen molar-refractivity contribution in [1.29, 1.82) is 0 Å². The Bertz CT molecular complexity index is 601. The van der Waals surface area contributed by atoms with E-state index in [0.29, 0.717) is 24.1 Å². The number of ether oxygens (including phenoxy) is 1. The fourth-order valence-electron chi connectivity index (χ4n) is 2.16. The number of nitrogens with zero attached hydrogens (tertiary/aromatic N) is 3. The number of nitrogens with two attached hydrogens (primary N) is 1. The average Bonchev–Trinajstić information content (AvgIpc) is 2.46. The molecule has 0 bridgehead atoms. The van der Waals surface area contributed by atoms with Gasteiger partial charge in [0, 0.05) is 12.1 Å². The van der Waals surface area contributed by atoms with Crippen LogP contribution in [-0.4, -0.2) is 22.3 Å². The van der Waals surface area contributed by atoms with E-state index in [1.165, 1.54) is 11.9 Å². The molecule has 2 aliphatic rings. The standard InChI is InChI=1S/C14H14N4O/c15-14-13(7-16-9-18-14)19-8-12-11-4-2-1-3-10(11)5-6-17-12/h1-2,4-7,9-10H,3,8H2,(H2,15,16,18). The van der Waals surface area contributed by atoms with Crippen LogP contribution in [0.2, 0.25) is 0 Å². The minimum Gasteiger partial charge on any atom is -0.482 e. The molecule has 0 saturated carbocycles. The van der Waals surface area contributed by atoms with Crippen LogP contribution in [-0.2, 0) is 0 Å². The summed E-state index contributed by atoms with van der Waals surface area (Å²) < 4.78 is 5.65.